The van der Waals surface area contributed by atoms with Crippen molar-refractivity contribution in [2.75, 3.05) is 18.5 Å². The van der Waals surface area contributed by atoms with E-state index in [1.54, 1.807) is 0 Å². The van der Waals surface area contributed by atoms with Gasteiger partial charge in [-0.25, -0.2) is 0 Å². The van der Waals surface area contributed by atoms with E-state index in [9.17, 15) is 4.79 Å². The van der Waals surface area contributed by atoms with Gasteiger partial charge in [-0.3, -0.25) is 4.79 Å². The summed E-state index contributed by atoms with van der Waals surface area (Å²) in [5.41, 5.74) is 3.21. The molecule has 0 aromatic heterocycles. The molecule has 4 rings (SSSR count). The number of nitrogens with one attached hydrogen (secondary N) is 2. The van der Waals surface area contributed by atoms with Crippen LogP contribution < -0.4 is 20.1 Å². The molecule has 126 valence electrons. The van der Waals surface area contributed by atoms with Crippen molar-refractivity contribution < 1.29 is 14.3 Å². The number of rotatable bonds is 2. The molecule has 2 aromatic carbocycles. The Labute approximate surface area is 146 Å². The Morgan fingerprint density at radius 1 is 1.04 bits per heavy atom. The number of fused-ring (bicyclic) bond motifs is 2. The summed E-state index contributed by atoms with van der Waals surface area (Å²) in [4.78, 5) is 12.5. The number of hydrogen-bond acceptors (Lipinski definition) is 4. The van der Waals surface area contributed by atoms with Crippen LogP contribution in [0.1, 0.15) is 11.1 Å². The molecule has 6 heteroatoms. The maximum absolute atomic E-state index is 12.5. The number of amides is 1. The second-order valence-corrected chi connectivity index (χ2v) is 5.75. The van der Waals surface area contributed by atoms with Crippen LogP contribution in [0.3, 0.4) is 0 Å². The van der Waals surface area contributed by atoms with E-state index in [-0.39, 0.29) is 24.4 Å². The van der Waals surface area contributed by atoms with E-state index in [0.29, 0.717) is 25.4 Å². The molecular weight excluding hydrogens is 328 g/mol. The summed E-state index contributed by atoms with van der Waals surface area (Å²) in [6.07, 6.45) is 0.701. The zero-order chi connectivity index (χ0) is 15.6. The lowest BCUT2D eigenvalue weighted by Crippen LogP contribution is -2.44. The van der Waals surface area contributed by atoms with Crippen molar-refractivity contribution in [1.82, 2.24) is 5.32 Å². The predicted molar refractivity (Wildman–Crippen MR) is 94.1 cm³/mol. The molecule has 0 aliphatic carbocycles. The first-order valence-electron chi connectivity index (χ1n) is 7.80. The van der Waals surface area contributed by atoms with Crippen LogP contribution in [0.25, 0.3) is 0 Å². The van der Waals surface area contributed by atoms with Crippen LogP contribution in [-0.4, -0.2) is 25.2 Å². The second kappa shape index (κ2) is 7.11. The Morgan fingerprint density at radius 2 is 1.79 bits per heavy atom. The minimum absolute atomic E-state index is 0. The van der Waals surface area contributed by atoms with Gasteiger partial charge in [0.15, 0.2) is 11.5 Å². The Bertz CT molecular complexity index is 751. The summed E-state index contributed by atoms with van der Waals surface area (Å²) in [7, 11) is 0. The number of halogens is 1. The van der Waals surface area contributed by atoms with E-state index in [4.69, 9.17) is 9.47 Å². The fraction of sp³-hybridized carbons (Fsp3) is 0.278. The fourth-order valence-corrected chi connectivity index (χ4v) is 2.99. The fourth-order valence-electron chi connectivity index (χ4n) is 2.99. The number of ether oxygens (including phenoxy) is 2. The largest absolute Gasteiger partial charge is 0.486 e. The number of carbonyl (C=O) groups excluding carboxylic acids is 1. The number of hydrogen-bond donors (Lipinski definition) is 2. The second-order valence-electron chi connectivity index (χ2n) is 5.75. The van der Waals surface area contributed by atoms with Crippen LogP contribution in [0.4, 0.5) is 5.69 Å². The molecule has 0 fully saturated rings. The molecule has 0 bridgehead atoms. The Kier molecular flexibility index (Phi) is 4.92. The summed E-state index contributed by atoms with van der Waals surface area (Å²) in [5.74, 6) is 1.37. The molecule has 24 heavy (non-hydrogen) atoms. The first-order valence-corrected chi connectivity index (χ1v) is 7.80. The van der Waals surface area contributed by atoms with E-state index >= 15 is 0 Å². The first kappa shape index (κ1) is 16.6. The van der Waals surface area contributed by atoms with E-state index in [0.717, 1.165) is 18.0 Å². The highest BCUT2D eigenvalue weighted by Crippen LogP contribution is 2.32. The van der Waals surface area contributed by atoms with Crippen LogP contribution in [0.2, 0.25) is 0 Å². The SMILES string of the molecule is Cl.O=C(Nc1ccc2c(c1)OCCO2)C1Cc2ccccc2CN1. The van der Waals surface area contributed by atoms with Gasteiger partial charge in [-0.05, 0) is 29.7 Å². The molecule has 2 N–H and O–H groups in total. The topological polar surface area (TPSA) is 59.6 Å². The Morgan fingerprint density at radius 3 is 2.62 bits per heavy atom. The summed E-state index contributed by atoms with van der Waals surface area (Å²) < 4.78 is 11.0. The molecule has 0 spiro atoms. The van der Waals surface area contributed by atoms with Crippen LogP contribution >= 0.6 is 12.4 Å². The van der Waals surface area contributed by atoms with Gasteiger partial charge in [0, 0.05) is 18.3 Å². The number of carbonyl (C=O) groups is 1. The molecule has 2 aliphatic heterocycles. The minimum Gasteiger partial charge on any atom is -0.486 e. The van der Waals surface area contributed by atoms with Crippen molar-refractivity contribution in [2.24, 2.45) is 0 Å². The van der Waals surface area contributed by atoms with Crippen LogP contribution in [-0.2, 0) is 17.8 Å². The summed E-state index contributed by atoms with van der Waals surface area (Å²) in [6, 6.07) is 13.5. The Hall–Kier alpha value is -2.24. The molecule has 2 heterocycles. The van der Waals surface area contributed by atoms with Crippen molar-refractivity contribution >= 4 is 24.0 Å². The molecule has 0 radical (unpaired) electrons. The molecule has 1 unspecified atom stereocenters. The van der Waals surface area contributed by atoms with Gasteiger partial charge in [0.2, 0.25) is 5.91 Å². The van der Waals surface area contributed by atoms with E-state index in [2.05, 4.69) is 22.8 Å². The average molecular weight is 347 g/mol. The first-order chi connectivity index (χ1) is 11.3. The van der Waals surface area contributed by atoms with Gasteiger partial charge >= 0.3 is 0 Å². The van der Waals surface area contributed by atoms with Gasteiger partial charge in [0.25, 0.3) is 0 Å². The van der Waals surface area contributed by atoms with E-state index in [1.165, 1.54) is 11.1 Å². The van der Waals surface area contributed by atoms with Crippen LogP contribution in [0, 0.1) is 0 Å². The van der Waals surface area contributed by atoms with E-state index < -0.39 is 0 Å². The zero-order valence-corrected chi connectivity index (χ0v) is 13.9. The Balaban J connectivity index is 0.00000169. The zero-order valence-electron chi connectivity index (χ0n) is 13.1. The number of benzene rings is 2. The standard InChI is InChI=1S/C18H18N2O3.ClH/c21-18(15-9-12-3-1-2-4-13(12)11-19-15)20-14-5-6-16-17(10-14)23-8-7-22-16;/h1-6,10,15,19H,7-9,11H2,(H,20,21);1H. The quantitative estimate of drug-likeness (QED) is 0.877. The monoisotopic (exact) mass is 346 g/mol. The molecule has 2 aliphatic rings. The lowest BCUT2D eigenvalue weighted by Gasteiger charge is -2.25. The van der Waals surface area contributed by atoms with Crippen LogP contribution in [0.15, 0.2) is 42.5 Å². The van der Waals surface area contributed by atoms with Gasteiger partial charge < -0.3 is 20.1 Å². The summed E-state index contributed by atoms with van der Waals surface area (Å²) >= 11 is 0. The van der Waals surface area contributed by atoms with Crippen molar-refractivity contribution in [3.8, 4) is 11.5 Å². The molecule has 1 amide bonds. The lowest BCUT2D eigenvalue weighted by atomic mass is 9.95. The lowest BCUT2D eigenvalue weighted by molar-refractivity contribution is -0.118. The van der Waals surface area contributed by atoms with Gasteiger partial charge in [-0.1, -0.05) is 24.3 Å². The van der Waals surface area contributed by atoms with Gasteiger partial charge in [0.05, 0.1) is 6.04 Å². The third kappa shape index (κ3) is 3.32. The van der Waals surface area contributed by atoms with Gasteiger partial charge in [0.1, 0.15) is 13.2 Å². The molecule has 2 aromatic rings. The smallest absolute Gasteiger partial charge is 0.241 e. The van der Waals surface area contributed by atoms with Crippen LogP contribution in [0.5, 0.6) is 11.5 Å². The highest BCUT2D eigenvalue weighted by atomic mass is 35.5. The molecule has 1 atom stereocenters. The highest BCUT2D eigenvalue weighted by molar-refractivity contribution is 5.95. The molecular formula is C18H19ClN2O3. The third-order valence-electron chi connectivity index (χ3n) is 4.21. The predicted octanol–water partition coefficient (Wildman–Crippen LogP) is 2.53. The summed E-state index contributed by atoms with van der Waals surface area (Å²) in [5, 5.41) is 6.25. The maximum Gasteiger partial charge on any atom is 0.241 e. The van der Waals surface area contributed by atoms with Gasteiger partial charge in [-0.15, -0.1) is 12.4 Å². The van der Waals surface area contributed by atoms with Crippen molar-refractivity contribution in [1.29, 1.82) is 0 Å². The summed E-state index contributed by atoms with van der Waals surface area (Å²) in [6.45, 7) is 1.81. The highest BCUT2D eigenvalue weighted by Gasteiger charge is 2.24. The molecule has 5 nitrogen and oxygen atoms in total. The minimum atomic E-state index is -0.224. The van der Waals surface area contributed by atoms with Crippen molar-refractivity contribution in [3.05, 3.63) is 53.6 Å². The molecule has 0 saturated heterocycles. The van der Waals surface area contributed by atoms with Crippen molar-refractivity contribution in [3.63, 3.8) is 0 Å². The third-order valence-corrected chi connectivity index (χ3v) is 4.21. The van der Waals surface area contributed by atoms with E-state index in [1.807, 2.05) is 30.3 Å². The molecule has 0 saturated carbocycles. The average Bonchev–Trinajstić information content (AvgIpc) is 2.61. The van der Waals surface area contributed by atoms with Crippen molar-refractivity contribution in [2.45, 2.75) is 19.0 Å². The number of anilines is 1. The normalized spacial score (nSPS) is 18.1. The maximum atomic E-state index is 12.5. The van der Waals surface area contributed by atoms with Gasteiger partial charge in [-0.2, -0.15) is 0 Å².